The quantitative estimate of drug-likeness (QED) is 0.754. The molecule has 0 aliphatic heterocycles. The number of rotatable bonds is 5. The number of nitrogens with two attached hydrogens (primary N) is 1. The zero-order valence-electron chi connectivity index (χ0n) is 10.7. The van der Waals surface area contributed by atoms with Gasteiger partial charge < -0.3 is 15.8 Å². The molecule has 1 aromatic heterocycles. The van der Waals surface area contributed by atoms with E-state index in [1.807, 2.05) is 0 Å². The van der Waals surface area contributed by atoms with Crippen LogP contribution in [0.25, 0.3) is 0 Å². The van der Waals surface area contributed by atoms with Crippen molar-refractivity contribution >= 4 is 17.6 Å². The number of hydrogen-bond donors (Lipinski definition) is 2. The van der Waals surface area contributed by atoms with Gasteiger partial charge in [0.05, 0.1) is 12.5 Å². The van der Waals surface area contributed by atoms with Gasteiger partial charge in [0.25, 0.3) is 0 Å². The second-order valence-corrected chi connectivity index (χ2v) is 4.52. The van der Waals surface area contributed by atoms with Gasteiger partial charge in [-0.15, -0.1) is 0 Å². The van der Waals surface area contributed by atoms with Crippen LogP contribution in [-0.2, 0) is 9.53 Å². The lowest BCUT2D eigenvalue weighted by Crippen LogP contribution is -2.37. The van der Waals surface area contributed by atoms with Crippen LogP contribution in [0.5, 0.6) is 0 Å². The molecule has 0 aliphatic rings. The van der Waals surface area contributed by atoms with Crippen molar-refractivity contribution in [2.24, 2.45) is 11.1 Å². The minimum absolute atomic E-state index is 0.208. The lowest BCUT2D eigenvalue weighted by Gasteiger charge is -2.21. The second-order valence-electron chi connectivity index (χ2n) is 4.52. The fourth-order valence-corrected chi connectivity index (χ4v) is 1.17. The molecule has 98 valence electrons. The molecule has 0 bridgehead atoms. The second kappa shape index (κ2) is 5.48. The number of amides is 1. The molecule has 1 amide bonds. The minimum Gasteiger partial charge on any atom is -0.464 e. The molecule has 0 aliphatic carbocycles. The standard InChI is InChI=1S/C12H17N3O3/c1-12(2,11(13)17)7-15-8-4-5-14-9(6-8)10(16)18-3/h4-6H,7H2,1-3H3,(H2,13,17)(H,14,15). The van der Waals surface area contributed by atoms with Gasteiger partial charge in [-0.1, -0.05) is 0 Å². The highest BCUT2D eigenvalue weighted by molar-refractivity contribution is 5.88. The lowest BCUT2D eigenvalue weighted by molar-refractivity contribution is -0.125. The van der Waals surface area contributed by atoms with Gasteiger partial charge in [-0.2, -0.15) is 0 Å². The van der Waals surface area contributed by atoms with E-state index >= 15 is 0 Å². The van der Waals surface area contributed by atoms with Gasteiger partial charge in [-0.25, -0.2) is 9.78 Å². The lowest BCUT2D eigenvalue weighted by atomic mass is 9.93. The highest BCUT2D eigenvalue weighted by Crippen LogP contribution is 2.16. The predicted molar refractivity (Wildman–Crippen MR) is 67.0 cm³/mol. The van der Waals surface area contributed by atoms with E-state index in [9.17, 15) is 9.59 Å². The van der Waals surface area contributed by atoms with Crippen molar-refractivity contribution in [2.75, 3.05) is 19.0 Å². The van der Waals surface area contributed by atoms with Crippen LogP contribution in [0.3, 0.4) is 0 Å². The Balaban J connectivity index is 2.74. The van der Waals surface area contributed by atoms with Crippen molar-refractivity contribution in [2.45, 2.75) is 13.8 Å². The Morgan fingerprint density at radius 2 is 2.17 bits per heavy atom. The van der Waals surface area contributed by atoms with Crippen LogP contribution >= 0.6 is 0 Å². The maximum Gasteiger partial charge on any atom is 0.356 e. The van der Waals surface area contributed by atoms with Crippen LogP contribution in [0.1, 0.15) is 24.3 Å². The molecule has 1 aromatic rings. The Hall–Kier alpha value is -2.11. The molecule has 1 rings (SSSR count). The first-order chi connectivity index (χ1) is 8.36. The normalized spacial score (nSPS) is 10.8. The third kappa shape index (κ3) is 3.44. The molecular weight excluding hydrogens is 234 g/mol. The van der Waals surface area contributed by atoms with Gasteiger partial charge in [0, 0.05) is 18.4 Å². The van der Waals surface area contributed by atoms with Crippen molar-refractivity contribution in [3.63, 3.8) is 0 Å². The van der Waals surface area contributed by atoms with Crippen molar-refractivity contribution in [3.8, 4) is 0 Å². The van der Waals surface area contributed by atoms with E-state index in [2.05, 4.69) is 15.0 Å². The van der Waals surface area contributed by atoms with Gasteiger partial charge >= 0.3 is 5.97 Å². The first-order valence-corrected chi connectivity index (χ1v) is 5.45. The number of carbonyl (C=O) groups is 2. The van der Waals surface area contributed by atoms with Gasteiger partial charge in [0.1, 0.15) is 5.69 Å². The highest BCUT2D eigenvalue weighted by atomic mass is 16.5. The fraction of sp³-hybridized carbons (Fsp3) is 0.417. The third-order valence-corrected chi connectivity index (χ3v) is 2.56. The monoisotopic (exact) mass is 251 g/mol. The van der Waals surface area contributed by atoms with Crippen molar-refractivity contribution < 1.29 is 14.3 Å². The fourth-order valence-electron chi connectivity index (χ4n) is 1.17. The number of nitrogens with zero attached hydrogens (tertiary/aromatic N) is 1. The summed E-state index contributed by atoms with van der Waals surface area (Å²) in [7, 11) is 1.29. The Kier molecular flexibility index (Phi) is 4.25. The summed E-state index contributed by atoms with van der Waals surface area (Å²) in [5, 5.41) is 3.04. The van der Waals surface area contributed by atoms with Gasteiger partial charge in [0.2, 0.25) is 5.91 Å². The van der Waals surface area contributed by atoms with E-state index < -0.39 is 17.3 Å². The molecule has 3 N–H and O–H groups in total. The van der Waals surface area contributed by atoms with Crippen molar-refractivity contribution in [3.05, 3.63) is 24.0 Å². The highest BCUT2D eigenvalue weighted by Gasteiger charge is 2.24. The SMILES string of the molecule is COC(=O)c1cc(NCC(C)(C)C(N)=O)ccn1. The summed E-state index contributed by atoms with van der Waals surface area (Å²) < 4.78 is 4.57. The summed E-state index contributed by atoms with van der Waals surface area (Å²) in [6.07, 6.45) is 1.49. The molecule has 0 radical (unpaired) electrons. The summed E-state index contributed by atoms with van der Waals surface area (Å²) >= 11 is 0. The summed E-state index contributed by atoms with van der Waals surface area (Å²) in [6.45, 7) is 3.85. The molecule has 0 fully saturated rings. The zero-order valence-corrected chi connectivity index (χ0v) is 10.7. The first-order valence-electron chi connectivity index (χ1n) is 5.45. The summed E-state index contributed by atoms with van der Waals surface area (Å²) in [6, 6.07) is 3.26. The van der Waals surface area contributed by atoms with Crippen LogP contribution in [0, 0.1) is 5.41 Å². The maximum absolute atomic E-state index is 11.3. The van der Waals surface area contributed by atoms with Crippen molar-refractivity contribution in [1.29, 1.82) is 0 Å². The average Bonchev–Trinajstić information content (AvgIpc) is 2.35. The van der Waals surface area contributed by atoms with E-state index in [1.165, 1.54) is 13.3 Å². The van der Waals surface area contributed by atoms with Gasteiger partial charge in [-0.05, 0) is 26.0 Å². The molecular formula is C12H17N3O3. The molecule has 0 spiro atoms. The molecule has 0 atom stereocenters. The number of aromatic nitrogens is 1. The summed E-state index contributed by atoms with van der Waals surface area (Å²) in [5.74, 6) is -0.898. The molecule has 0 saturated carbocycles. The number of carbonyl (C=O) groups excluding carboxylic acids is 2. The van der Waals surface area contributed by atoms with E-state index in [-0.39, 0.29) is 5.69 Å². The van der Waals surface area contributed by atoms with Crippen LogP contribution in [0.2, 0.25) is 0 Å². The van der Waals surface area contributed by atoms with Crippen LogP contribution in [-0.4, -0.2) is 30.5 Å². The number of hydrogen-bond acceptors (Lipinski definition) is 5. The van der Waals surface area contributed by atoms with Crippen LogP contribution in [0.4, 0.5) is 5.69 Å². The minimum atomic E-state index is -0.672. The molecule has 1 heterocycles. The third-order valence-electron chi connectivity index (χ3n) is 2.56. The largest absolute Gasteiger partial charge is 0.464 e. The Morgan fingerprint density at radius 3 is 2.72 bits per heavy atom. The molecule has 0 unspecified atom stereocenters. The van der Waals surface area contributed by atoms with Gasteiger partial charge in [0.15, 0.2) is 0 Å². The number of pyridine rings is 1. The number of esters is 1. The Bertz CT molecular complexity index is 458. The van der Waals surface area contributed by atoms with E-state index in [0.717, 1.165) is 0 Å². The number of ether oxygens (including phenoxy) is 1. The molecule has 18 heavy (non-hydrogen) atoms. The molecule has 0 aromatic carbocycles. The summed E-state index contributed by atoms with van der Waals surface area (Å²) in [4.78, 5) is 26.3. The number of primary amides is 1. The van der Waals surface area contributed by atoms with Gasteiger partial charge in [-0.3, -0.25) is 4.79 Å². The topological polar surface area (TPSA) is 94.3 Å². The van der Waals surface area contributed by atoms with Crippen LogP contribution < -0.4 is 11.1 Å². The zero-order chi connectivity index (χ0) is 13.8. The summed E-state index contributed by atoms with van der Waals surface area (Å²) in [5.41, 5.74) is 5.48. The number of anilines is 1. The van der Waals surface area contributed by atoms with Crippen molar-refractivity contribution in [1.82, 2.24) is 4.98 Å². The molecule has 0 saturated heterocycles. The van der Waals surface area contributed by atoms with E-state index in [0.29, 0.717) is 12.2 Å². The first kappa shape index (κ1) is 14.0. The average molecular weight is 251 g/mol. The number of nitrogens with one attached hydrogen (secondary N) is 1. The van der Waals surface area contributed by atoms with Crippen LogP contribution in [0.15, 0.2) is 18.3 Å². The maximum atomic E-state index is 11.3. The smallest absolute Gasteiger partial charge is 0.356 e. The Morgan fingerprint density at radius 1 is 1.50 bits per heavy atom. The Labute approximate surface area is 106 Å². The molecule has 6 heteroatoms. The predicted octanol–water partition coefficient (Wildman–Crippen LogP) is 0.792. The number of methoxy groups -OCH3 is 1. The van der Waals surface area contributed by atoms with E-state index in [4.69, 9.17) is 5.73 Å². The molecule has 6 nitrogen and oxygen atoms in total. The van der Waals surface area contributed by atoms with E-state index in [1.54, 1.807) is 26.0 Å².